The van der Waals surface area contributed by atoms with Crippen molar-refractivity contribution in [3.63, 3.8) is 0 Å². The molecule has 1 aliphatic rings. The molecule has 1 atom stereocenters. The molecule has 0 bridgehead atoms. The lowest BCUT2D eigenvalue weighted by molar-refractivity contribution is 0.341. The second kappa shape index (κ2) is 5.40. The van der Waals surface area contributed by atoms with Crippen molar-refractivity contribution in [3.05, 3.63) is 41.5 Å². The van der Waals surface area contributed by atoms with E-state index in [9.17, 15) is 0 Å². The number of nitrogens with zero attached hydrogens (tertiary/aromatic N) is 2. The molecule has 5 heteroatoms. The summed E-state index contributed by atoms with van der Waals surface area (Å²) in [5.74, 6) is 2.25. The summed E-state index contributed by atoms with van der Waals surface area (Å²) in [7, 11) is 1.67. The van der Waals surface area contributed by atoms with Crippen molar-refractivity contribution in [3.8, 4) is 5.75 Å². The Balaban J connectivity index is 1.76. The molecule has 19 heavy (non-hydrogen) atoms. The molecule has 0 radical (unpaired) electrons. The number of ether oxygens (including phenoxy) is 1. The van der Waals surface area contributed by atoms with E-state index in [1.807, 2.05) is 24.3 Å². The summed E-state index contributed by atoms with van der Waals surface area (Å²) in [5, 5.41) is 7.40. The van der Waals surface area contributed by atoms with Gasteiger partial charge in [-0.25, -0.2) is 0 Å². The predicted molar refractivity (Wildman–Crippen MR) is 70.1 cm³/mol. The second-order valence-electron chi connectivity index (χ2n) is 4.69. The quantitative estimate of drug-likeness (QED) is 0.911. The van der Waals surface area contributed by atoms with Crippen molar-refractivity contribution in [2.75, 3.05) is 13.7 Å². The number of benzene rings is 1. The van der Waals surface area contributed by atoms with E-state index >= 15 is 0 Å². The molecule has 2 aromatic rings. The minimum absolute atomic E-state index is 0.221. The topological polar surface area (TPSA) is 60.2 Å². The van der Waals surface area contributed by atoms with E-state index in [1.54, 1.807) is 7.11 Å². The Labute approximate surface area is 112 Å². The van der Waals surface area contributed by atoms with Gasteiger partial charge in [-0.2, -0.15) is 4.98 Å². The molecule has 0 unspecified atom stereocenters. The van der Waals surface area contributed by atoms with Crippen molar-refractivity contribution in [1.82, 2.24) is 15.5 Å². The number of rotatable bonds is 4. The van der Waals surface area contributed by atoms with E-state index in [0.717, 1.165) is 30.7 Å². The maximum Gasteiger partial charge on any atom is 0.243 e. The first-order valence-electron chi connectivity index (χ1n) is 6.54. The van der Waals surface area contributed by atoms with Gasteiger partial charge in [-0.05, 0) is 25.5 Å². The van der Waals surface area contributed by atoms with Gasteiger partial charge in [-0.1, -0.05) is 23.4 Å². The summed E-state index contributed by atoms with van der Waals surface area (Å²) in [6.45, 7) is 1.02. The highest BCUT2D eigenvalue weighted by atomic mass is 16.5. The van der Waals surface area contributed by atoms with Crippen LogP contribution in [0, 0.1) is 0 Å². The van der Waals surface area contributed by atoms with E-state index < -0.39 is 0 Å². The van der Waals surface area contributed by atoms with Crippen LogP contribution in [0.4, 0.5) is 0 Å². The number of hydrogen-bond acceptors (Lipinski definition) is 5. The van der Waals surface area contributed by atoms with E-state index in [0.29, 0.717) is 18.1 Å². The molecule has 1 aromatic carbocycles. The molecule has 1 N–H and O–H groups in total. The van der Waals surface area contributed by atoms with Gasteiger partial charge < -0.3 is 14.6 Å². The molecular formula is C14H17N3O2. The standard InChI is InChI=1S/C14H17N3O2/c1-18-12-7-3-2-5-10(12)9-13-16-14(19-17-13)11-6-4-8-15-11/h2-3,5,7,11,15H,4,6,8-9H2,1H3/t11-/m0/s1. The first-order valence-corrected chi connectivity index (χ1v) is 6.54. The maximum atomic E-state index is 5.33. The molecule has 2 heterocycles. The van der Waals surface area contributed by atoms with Crippen LogP contribution in [0.3, 0.4) is 0 Å². The summed E-state index contributed by atoms with van der Waals surface area (Å²) in [5.41, 5.74) is 1.07. The summed E-state index contributed by atoms with van der Waals surface area (Å²) in [4.78, 5) is 4.47. The molecule has 1 saturated heterocycles. The zero-order chi connectivity index (χ0) is 13.1. The van der Waals surface area contributed by atoms with Gasteiger partial charge >= 0.3 is 0 Å². The van der Waals surface area contributed by atoms with Crippen LogP contribution in [-0.4, -0.2) is 23.8 Å². The minimum atomic E-state index is 0.221. The minimum Gasteiger partial charge on any atom is -0.496 e. The Morgan fingerprint density at radius 2 is 2.32 bits per heavy atom. The molecule has 1 fully saturated rings. The highest BCUT2D eigenvalue weighted by Crippen LogP contribution is 2.23. The second-order valence-corrected chi connectivity index (χ2v) is 4.69. The summed E-state index contributed by atoms with van der Waals surface area (Å²) < 4.78 is 10.7. The maximum absolute atomic E-state index is 5.33. The molecule has 0 saturated carbocycles. The fourth-order valence-electron chi connectivity index (χ4n) is 2.40. The van der Waals surface area contributed by atoms with Gasteiger partial charge in [0.1, 0.15) is 5.75 Å². The molecule has 3 rings (SSSR count). The number of methoxy groups -OCH3 is 1. The van der Waals surface area contributed by atoms with Crippen molar-refractivity contribution in [2.45, 2.75) is 25.3 Å². The molecule has 1 aromatic heterocycles. The highest BCUT2D eigenvalue weighted by molar-refractivity contribution is 5.35. The van der Waals surface area contributed by atoms with Crippen molar-refractivity contribution in [2.24, 2.45) is 0 Å². The summed E-state index contributed by atoms with van der Waals surface area (Å²) >= 11 is 0. The Bertz CT molecular complexity index is 547. The van der Waals surface area contributed by atoms with Crippen LogP contribution in [-0.2, 0) is 6.42 Å². The lowest BCUT2D eigenvalue weighted by Gasteiger charge is -2.05. The SMILES string of the molecule is COc1ccccc1Cc1noc([C@@H]2CCCN2)n1. The molecule has 1 aliphatic heterocycles. The van der Waals surface area contributed by atoms with E-state index in [4.69, 9.17) is 9.26 Å². The zero-order valence-corrected chi connectivity index (χ0v) is 10.9. The van der Waals surface area contributed by atoms with Gasteiger partial charge in [-0.3, -0.25) is 0 Å². The number of aromatic nitrogens is 2. The van der Waals surface area contributed by atoms with Crippen LogP contribution in [0.25, 0.3) is 0 Å². The van der Waals surface area contributed by atoms with E-state index in [1.165, 1.54) is 0 Å². The van der Waals surface area contributed by atoms with Crippen molar-refractivity contribution in [1.29, 1.82) is 0 Å². The largest absolute Gasteiger partial charge is 0.496 e. The van der Waals surface area contributed by atoms with Gasteiger partial charge in [0.05, 0.1) is 13.2 Å². The summed E-state index contributed by atoms with van der Waals surface area (Å²) in [6.07, 6.45) is 2.85. The van der Waals surface area contributed by atoms with E-state index in [-0.39, 0.29) is 6.04 Å². The smallest absolute Gasteiger partial charge is 0.243 e. The first-order chi connectivity index (χ1) is 9.36. The van der Waals surface area contributed by atoms with Gasteiger partial charge in [0.15, 0.2) is 5.82 Å². The first kappa shape index (κ1) is 12.2. The van der Waals surface area contributed by atoms with Crippen LogP contribution in [0.5, 0.6) is 5.75 Å². The monoisotopic (exact) mass is 259 g/mol. The summed E-state index contributed by atoms with van der Waals surface area (Å²) in [6, 6.07) is 8.11. The average molecular weight is 259 g/mol. The Morgan fingerprint density at radius 1 is 1.42 bits per heavy atom. The van der Waals surface area contributed by atoms with Crippen LogP contribution in [0.15, 0.2) is 28.8 Å². The lowest BCUT2D eigenvalue weighted by atomic mass is 10.1. The Kier molecular flexibility index (Phi) is 3.46. The molecule has 0 spiro atoms. The fraction of sp³-hybridized carbons (Fsp3) is 0.429. The third-order valence-corrected chi connectivity index (χ3v) is 3.38. The third-order valence-electron chi connectivity index (χ3n) is 3.38. The Morgan fingerprint density at radius 3 is 3.11 bits per heavy atom. The molecular weight excluding hydrogens is 242 g/mol. The van der Waals surface area contributed by atoms with Gasteiger partial charge in [0.2, 0.25) is 5.89 Å². The number of hydrogen-bond donors (Lipinski definition) is 1. The van der Waals surface area contributed by atoms with E-state index in [2.05, 4.69) is 15.5 Å². The molecule has 0 aliphatic carbocycles. The predicted octanol–water partition coefficient (Wildman–Crippen LogP) is 2.09. The highest BCUT2D eigenvalue weighted by Gasteiger charge is 2.22. The molecule has 5 nitrogen and oxygen atoms in total. The Hall–Kier alpha value is -1.88. The fourth-order valence-corrected chi connectivity index (χ4v) is 2.40. The van der Waals surface area contributed by atoms with Gasteiger partial charge in [0.25, 0.3) is 0 Å². The third kappa shape index (κ3) is 2.61. The number of para-hydroxylation sites is 1. The zero-order valence-electron chi connectivity index (χ0n) is 10.9. The van der Waals surface area contributed by atoms with Gasteiger partial charge in [0, 0.05) is 12.0 Å². The normalized spacial score (nSPS) is 18.7. The van der Waals surface area contributed by atoms with Crippen LogP contribution in [0.1, 0.15) is 36.2 Å². The molecule has 100 valence electrons. The van der Waals surface area contributed by atoms with Crippen LogP contribution in [0.2, 0.25) is 0 Å². The van der Waals surface area contributed by atoms with Crippen molar-refractivity contribution >= 4 is 0 Å². The van der Waals surface area contributed by atoms with Gasteiger partial charge in [-0.15, -0.1) is 0 Å². The van der Waals surface area contributed by atoms with Crippen LogP contribution < -0.4 is 10.1 Å². The average Bonchev–Trinajstić information content (AvgIpc) is 3.09. The lowest BCUT2D eigenvalue weighted by Crippen LogP contribution is -2.13. The van der Waals surface area contributed by atoms with Crippen LogP contribution >= 0.6 is 0 Å². The molecule has 0 amide bonds. The number of nitrogens with one attached hydrogen (secondary N) is 1. The van der Waals surface area contributed by atoms with Crippen molar-refractivity contribution < 1.29 is 9.26 Å².